The first-order valence-corrected chi connectivity index (χ1v) is 12.3. The predicted octanol–water partition coefficient (Wildman–Crippen LogP) is 5.66. The van der Waals surface area contributed by atoms with E-state index < -0.39 is 17.8 Å². The second-order valence-electron chi connectivity index (χ2n) is 7.98. The average molecular weight is 549 g/mol. The summed E-state index contributed by atoms with van der Waals surface area (Å²) in [4.78, 5) is 39.6. The molecular formula is C28H25BrN2O5. The number of barbiturate groups is 1. The largest absolute Gasteiger partial charge is 0.490 e. The number of ether oxygens (including phenoxy) is 2. The van der Waals surface area contributed by atoms with Crippen LogP contribution in [0.2, 0.25) is 0 Å². The molecule has 8 heteroatoms. The van der Waals surface area contributed by atoms with Crippen molar-refractivity contribution in [1.82, 2.24) is 5.32 Å². The van der Waals surface area contributed by atoms with Crippen LogP contribution in [0.25, 0.3) is 6.08 Å². The molecule has 0 atom stereocenters. The Hall–Kier alpha value is -3.91. The van der Waals surface area contributed by atoms with Crippen LogP contribution < -0.4 is 19.7 Å². The van der Waals surface area contributed by atoms with Crippen LogP contribution in [0.4, 0.5) is 10.5 Å². The number of amides is 4. The highest BCUT2D eigenvalue weighted by Gasteiger charge is 2.37. The molecule has 36 heavy (non-hydrogen) atoms. The van der Waals surface area contributed by atoms with E-state index >= 15 is 0 Å². The summed E-state index contributed by atoms with van der Waals surface area (Å²) in [5.74, 6) is -0.476. The van der Waals surface area contributed by atoms with Gasteiger partial charge in [0.1, 0.15) is 12.2 Å². The van der Waals surface area contributed by atoms with E-state index in [4.69, 9.17) is 9.47 Å². The van der Waals surface area contributed by atoms with Gasteiger partial charge in [0.05, 0.1) is 16.8 Å². The SMILES string of the molecule is CCOc1cc(/C=C2/C(=O)NC(=O)N(c3ccccc3CC)C2=O)cc(Br)c1OCc1ccccc1. The summed E-state index contributed by atoms with van der Waals surface area (Å²) in [5, 5.41) is 2.28. The normalized spacial score (nSPS) is 14.7. The van der Waals surface area contributed by atoms with Gasteiger partial charge in [-0.1, -0.05) is 55.5 Å². The summed E-state index contributed by atoms with van der Waals surface area (Å²) in [6, 6.07) is 19.5. The number of hydrogen-bond donors (Lipinski definition) is 1. The number of aryl methyl sites for hydroxylation is 1. The fourth-order valence-electron chi connectivity index (χ4n) is 3.87. The van der Waals surface area contributed by atoms with Gasteiger partial charge in [0.15, 0.2) is 11.5 Å². The third-order valence-corrected chi connectivity index (χ3v) is 6.17. The number of nitrogens with one attached hydrogen (secondary N) is 1. The number of carbonyl (C=O) groups excluding carboxylic acids is 3. The van der Waals surface area contributed by atoms with E-state index in [0.29, 0.717) is 46.9 Å². The van der Waals surface area contributed by atoms with E-state index in [-0.39, 0.29) is 5.57 Å². The van der Waals surface area contributed by atoms with E-state index in [1.807, 2.05) is 56.3 Å². The Kier molecular flexibility index (Phi) is 7.85. The Morgan fingerprint density at radius 2 is 1.67 bits per heavy atom. The van der Waals surface area contributed by atoms with Crippen LogP contribution >= 0.6 is 15.9 Å². The molecule has 4 rings (SSSR count). The second-order valence-corrected chi connectivity index (χ2v) is 8.83. The number of imide groups is 2. The van der Waals surface area contributed by atoms with Crippen molar-refractivity contribution in [2.24, 2.45) is 0 Å². The maximum atomic E-state index is 13.3. The molecule has 1 fully saturated rings. The maximum absolute atomic E-state index is 13.3. The van der Waals surface area contributed by atoms with Crippen molar-refractivity contribution in [2.45, 2.75) is 26.9 Å². The van der Waals surface area contributed by atoms with Crippen LogP contribution in [-0.2, 0) is 22.6 Å². The number of anilines is 1. The molecule has 1 aliphatic heterocycles. The number of nitrogens with zero attached hydrogens (tertiary/aromatic N) is 1. The van der Waals surface area contributed by atoms with Crippen molar-refractivity contribution in [2.75, 3.05) is 11.5 Å². The van der Waals surface area contributed by atoms with Crippen LogP contribution in [0.5, 0.6) is 11.5 Å². The number of rotatable bonds is 8. The minimum Gasteiger partial charge on any atom is -0.490 e. The maximum Gasteiger partial charge on any atom is 0.335 e. The van der Waals surface area contributed by atoms with E-state index in [1.165, 1.54) is 6.08 Å². The molecule has 0 aromatic heterocycles. The summed E-state index contributed by atoms with van der Waals surface area (Å²) in [5.41, 5.74) is 2.64. The van der Waals surface area contributed by atoms with Gasteiger partial charge in [-0.3, -0.25) is 14.9 Å². The zero-order valence-corrected chi connectivity index (χ0v) is 21.5. The lowest BCUT2D eigenvalue weighted by molar-refractivity contribution is -0.122. The average Bonchev–Trinajstić information content (AvgIpc) is 2.87. The third-order valence-electron chi connectivity index (χ3n) is 5.58. The lowest BCUT2D eigenvalue weighted by atomic mass is 10.0. The monoisotopic (exact) mass is 548 g/mol. The Morgan fingerprint density at radius 3 is 2.39 bits per heavy atom. The van der Waals surface area contributed by atoms with Gasteiger partial charge >= 0.3 is 6.03 Å². The number of halogens is 1. The molecule has 1 saturated heterocycles. The topological polar surface area (TPSA) is 84.9 Å². The first kappa shape index (κ1) is 25.2. The van der Waals surface area contributed by atoms with Crippen molar-refractivity contribution >= 4 is 45.5 Å². The highest BCUT2D eigenvalue weighted by Crippen LogP contribution is 2.38. The van der Waals surface area contributed by atoms with Crippen LogP contribution in [0.3, 0.4) is 0 Å². The smallest absolute Gasteiger partial charge is 0.335 e. The molecule has 3 aromatic rings. The number of urea groups is 1. The van der Waals surface area contributed by atoms with E-state index in [9.17, 15) is 14.4 Å². The highest BCUT2D eigenvalue weighted by atomic mass is 79.9. The van der Waals surface area contributed by atoms with Crippen molar-refractivity contribution < 1.29 is 23.9 Å². The quantitative estimate of drug-likeness (QED) is 0.290. The zero-order chi connectivity index (χ0) is 25.7. The van der Waals surface area contributed by atoms with Crippen LogP contribution in [0, 0.1) is 0 Å². The summed E-state index contributed by atoms with van der Waals surface area (Å²) in [6.45, 7) is 4.52. The molecule has 1 N–H and O–H groups in total. The highest BCUT2D eigenvalue weighted by molar-refractivity contribution is 9.10. The molecule has 184 valence electrons. The molecule has 0 bridgehead atoms. The molecular weight excluding hydrogens is 524 g/mol. The lowest BCUT2D eigenvalue weighted by Gasteiger charge is -2.28. The fourth-order valence-corrected chi connectivity index (χ4v) is 4.45. The van der Waals surface area contributed by atoms with Gasteiger partial charge in [0.2, 0.25) is 0 Å². The van der Waals surface area contributed by atoms with Gasteiger partial charge in [-0.15, -0.1) is 0 Å². The van der Waals surface area contributed by atoms with Crippen molar-refractivity contribution in [3.63, 3.8) is 0 Å². The summed E-state index contributed by atoms with van der Waals surface area (Å²) < 4.78 is 12.4. The summed E-state index contributed by atoms with van der Waals surface area (Å²) in [7, 11) is 0. The molecule has 0 aliphatic carbocycles. The molecule has 4 amide bonds. The zero-order valence-electron chi connectivity index (χ0n) is 19.9. The molecule has 3 aromatic carbocycles. The van der Waals surface area contributed by atoms with Crippen molar-refractivity contribution in [1.29, 1.82) is 0 Å². The molecule has 1 aliphatic rings. The number of para-hydroxylation sites is 1. The molecule has 0 unspecified atom stereocenters. The third kappa shape index (κ3) is 5.33. The van der Waals surface area contributed by atoms with Crippen LogP contribution in [0.15, 0.2) is 76.8 Å². The Labute approximate surface area is 217 Å². The predicted molar refractivity (Wildman–Crippen MR) is 141 cm³/mol. The van der Waals surface area contributed by atoms with Crippen molar-refractivity contribution in [3.8, 4) is 11.5 Å². The van der Waals surface area contributed by atoms with Gasteiger partial charge in [-0.05, 0) is 70.2 Å². The van der Waals surface area contributed by atoms with Gasteiger partial charge in [0.25, 0.3) is 11.8 Å². The Balaban J connectivity index is 1.68. The van der Waals surface area contributed by atoms with Gasteiger partial charge < -0.3 is 9.47 Å². The Morgan fingerprint density at radius 1 is 0.944 bits per heavy atom. The first-order valence-electron chi connectivity index (χ1n) is 11.5. The van der Waals surface area contributed by atoms with Crippen LogP contribution in [-0.4, -0.2) is 24.5 Å². The number of benzene rings is 3. The van der Waals surface area contributed by atoms with Gasteiger partial charge in [-0.25, -0.2) is 9.69 Å². The number of carbonyl (C=O) groups is 3. The molecule has 1 heterocycles. The second kappa shape index (κ2) is 11.2. The van der Waals surface area contributed by atoms with Crippen LogP contribution in [0.1, 0.15) is 30.5 Å². The van der Waals surface area contributed by atoms with Gasteiger partial charge in [-0.2, -0.15) is 0 Å². The van der Waals surface area contributed by atoms with E-state index in [0.717, 1.165) is 16.0 Å². The Bertz CT molecular complexity index is 1340. The van der Waals surface area contributed by atoms with Gasteiger partial charge in [0, 0.05) is 0 Å². The van der Waals surface area contributed by atoms with E-state index in [2.05, 4.69) is 21.2 Å². The van der Waals surface area contributed by atoms with E-state index in [1.54, 1.807) is 24.3 Å². The van der Waals surface area contributed by atoms with Crippen molar-refractivity contribution in [3.05, 3.63) is 93.5 Å². The minimum absolute atomic E-state index is 0.159. The number of hydrogen-bond acceptors (Lipinski definition) is 5. The molecule has 0 saturated carbocycles. The summed E-state index contributed by atoms with van der Waals surface area (Å²) >= 11 is 3.53. The fraction of sp³-hybridized carbons (Fsp3) is 0.179. The molecule has 0 spiro atoms. The summed E-state index contributed by atoms with van der Waals surface area (Å²) in [6.07, 6.45) is 2.06. The molecule has 0 radical (unpaired) electrons. The molecule has 7 nitrogen and oxygen atoms in total. The first-order chi connectivity index (χ1) is 17.4. The minimum atomic E-state index is -0.774. The lowest BCUT2D eigenvalue weighted by Crippen LogP contribution is -2.54. The standard InChI is InChI=1S/C28H25BrN2O5/c1-3-20-12-8-9-13-23(20)31-27(33)21(26(32)30-28(31)34)14-19-15-22(29)25(24(16-19)35-4-2)36-17-18-10-6-5-7-11-18/h5-16H,3-4,17H2,1-2H3,(H,30,32,34)/b21-14-.